The fraction of sp³-hybridized carbons (Fsp3) is 0. The SMILES string of the molecule is F[C-](F)F.[Pu]. The van der Waals surface area contributed by atoms with Crippen molar-refractivity contribution in [3.05, 3.63) is 6.68 Å². The molecule has 0 atom stereocenters. The average Bonchev–Trinajstić information content (AvgIpc) is 0.811. The minimum absolute atomic E-state index is 0. The molecule has 0 radical (unpaired) electrons. The van der Waals surface area contributed by atoms with E-state index in [1.165, 1.54) is 0 Å². The Morgan fingerprint density at radius 1 is 1.00 bits per heavy atom. The monoisotopic (exact) mass is 307 g/mol. The largest absolute Gasteiger partial charge is 0.385 e. The molecule has 0 bridgehead atoms. The first-order valence-electron chi connectivity index (χ1n) is 0.567. The molecule has 0 heterocycles. The molecule has 0 nitrogen and oxygen atoms in total. The second-order valence-corrected chi connectivity index (χ2v) is 0.214. The Hall–Kier alpha value is 0.777. The number of halogens is 3. The normalized spacial score (nSPS) is 7.20. The molecular formula is CF3Pu-. The Labute approximate surface area is 49.3 Å². The zero-order valence-electron chi connectivity index (χ0n) is 2.04. The third-order valence-electron chi connectivity index (χ3n) is 0. The van der Waals surface area contributed by atoms with Gasteiger partial charge in [-0.05, 0) is 0 Å². The molecule has 0 saturated heterocycles. The van der Waals surface area contributed by atoms with Gasteiger partial charge in [-0.2, -0.15) is 0 Å². The second-order valence-electron chi connectivity index (χ2n) is 0.214. The maximum atomic E-state index is 9.58. The van der Waals surface area contributed by atoms with Gasteiger partial charge in [-0.1, -0.05) is 0 Å². The molecule has 32 valence electrons. The minimum Gasteiger partial charge on any atom is -0.385 e. The van der Waals surface area contributed by atoms with E-state index in [4.69, 9.17) is 0 Å². The average molecular weight is 313 g/mol. The first kappa shape index (κ1) is 9.24. The van der Waals surface area contributed by atoms with Crippen LogP contribution in [0.25, 0.3) is 0 Å². The molecule has 4 heteroatoms. The van der Waals surface area contributed by atoms with Gasteiger partial charge in [0.15, 0.2) is 6.68 Å². The van der Waals surface area contributed by atoms with E-state index in [1.807, 2.05) is 0 Å². The Bertz CT molecular complexity index is 11.6. The number of hydrogen-bond acceptors (Lipinski definition) is 0. The van der Waals surface area contributed by atoms with E-state index < -0.39 is 6.68 Å². The summed E-state index contributed by atoms with van der Waals surface area (Å²) in [5.41, 5.74) is 0. The fourth-order valence-electron chi connectivity index (χ4n) is 0. The van der Waals surface area contributed by atoms with Gasteiger partial charge in [0.25, 0.3) is 0 Å². The van der Waals surface area contributed by atoms with E-state index >= 15 is 0 Å². The van der Waals surface area contributed by atoms with Crippen LogP contribution in [0.15, 0.2) is 0 Å². The number of rotatable bonds is 0. The molecule has 5 heavy (non-hydrogen) atoms. The predicted octanol–water partition coefficient (Wildman–Crippen LogP) is 1.34. The molecule has 0 aromatic rings. The number of hydrogen-bond donors (Lipinski definition) is 0. The molecular weight excluding hydrogens is 313 g/mol. The van der Waals surface area contributed by atoms with Crippen molar-refractivity contribution in [3.8, 4) is 0 Å². The van der Waals surface area contributed by atoms with Crippen LogP contribution in [0, 0.1) is 35.9 Å². The summed E-state index contributed by atoms with van der Waals surface area (Å²) in [6, 6.07) is 0. The molecule has 0 aromatic carbocycles. The van der Waals surface area contributed by atoms with Crippen LogP contribution in [0.2, 0.25) is 0 Å². The first-order chi connectivity index (χ1) is 1.73. The van der Waals surface area contributed by atoms with Gasteiger partial charge in [-0.3, -0.25) is 0 Å². The van der Waals surface area contributed by atoms with Crippen molar-refractivity contribution in [2.75, 3.05) is 0 Å². The van der Waals surface area contributed by atoms with Crippen molar-refractivity contribution in [1.82, 2.24) is 0 Å². The Morgan fingerprint density at radius 2 is 1.00 bits per heavy atom. The van der Waals surface area contributed by atoms with Gasteiger partial charge in [0, 0.05) is 29.2 Å². The molecule has 0 rings (SSSR count). The molecule has 0 N–H and O–H groups in total. The van der Waals surface area contributed by atoms with Crippen LogP contribution in [0.1, 0.15) is 0 Å². The van der Waals surface area contributed by atoms with Crippen molar-refractivity contribution >= 4 is 0 Å². The van der Waals surface area contributed by atoms with Crippen LogP contribution in [-0.2, 0) is 0 Å². The summed E-state index contributed by atoms with van der Waals surface area (Å²) >= 11 is 0. The second kappa shape index (κ2) is 4.78. The third kappa shape index (κ3) is 61.0. The Balaban J connectivity index is 0. The Morgan fingerprint density at radius 3 is 1.00 bits per heavy atom. The molecule has 0 fully saturated rings. The summed E-state index contributed by atoms with van der Waals surface area (Å²) < 4.78 is 28.8. The third-order valence-corrected chi connectivity index (χ3v) is 0. The van der Waals surface area contributed by atoms with Crippen molar-refractivity contribution in [1.29, 1.82) is 0 Å². The van der Waals surface area contributed by atoms with Crippen molar-refractivity contribution in [2.24, 2.45) is 0 Å². The Kier molecular flexibility index (Phi) is 8.83. The van der Waals surface area contributed by atoms with Gasteiger partial charge in [0.1, 0.15) is 0 Å². The molecule has 0 saturated carbocycles. The zero-order valence-corrected chi connectivity index (χ0v) is 5.44. The fourth-order valence-corrected chi connectivity index (χ4v) is 0. The van der Waals surface area contributed by atoms with E-state index in [9.17, 15) is 13.2 Å². The molecule has 0 unspecified atom stereocenters. The van der Waals surface area contributed by atoms with E-state index in [1.54, 1.807) is 0 Å². The summed E-state index contributed by atoms with van der Waals surface area (Å²) in [7, 11) is 0. The van der Waals surface area contributed by atoms with Crippen molar-refractivity contribution < 1.29 is 42.3 Å². The van der Waals surface area contributed by atoms with Gasteiger partial charge in [-0.15, -0.1) is 0 Å². The van der Waals surface area contributed by atoms with Crippen LogP contribution in [-0.4, -0.2) is 0 Å². The van der Waals surface area contributed by atoms with E-state index in [-0.39, 0.29) is 29.2 Å². The smallest absolute Gasteiger partial charge is 0.154 e. The minimum atomic E-state index is -3.08. The zero-order chi connectivity index (χ0) is 3.58. The predicted molar refractivity (Wildman–Crippen MR) is 6.57 cm³/mol. The summed E-state index contributed by atoms with van der Waals surface area (Å²) in [4.78, 5) is 0. The van der Waals surface area contributed by atoms with E-state index in [2.05, 4.69) is 0 Å². The van der Waals surface area contributed by atoms with Crippen LogP contribution < -0.4 is 0 Å². The first-order valence-corrected chi connectivity index (χ1v) is 0.567. The molecule has 0 aliphatic heterocycles. The van der Waals surface area contributed by atoms with Crippen molar-refractivity contribution in [3.63, 3.8) is 0 Å². The molecule has 0 spiro atoms. The summed E-state index contributed by atoms with van der Waals surface area (Å²) in [6.45, 7) is -3.08. The summed E-state index contributed by atoms with van der Waals surface area (Å²) in [5, 5.41) is 0. The maximum Gasteiger partial charge on any atom is 0.154 e. The maximum absolute atomic E-state index is 9.58. The van der Waals surface area contributed by atoms with E-state index in [0.29, 0.717) is 0 Å². The summed E-state index contributed by atoms with van der Waals surface area (Å²) in [5.74, 6) is 0. The van der Waals surface area contributed by atoms with Gasteiger partial charge in [-0.25, -0.2) is 0 Å². The van der Waals surface area contributed by atoms with Crippen LogP contribution >= 0.6 is 0 Å². The molecule has 0 amide bonds. The van der Waals surface area contributed by atoms with Gasteiger partial charge < -0.3 is 13.2 Å². The van der Waals surface area contributed by atoms with Gasteiger partial charge in [0.05, 0.1) is 0 Å². The van der Waals surface area contributed by atoms with Gasteiger partial charge >= 0.3 is 0 Å². The standard InChI is InChI=1S/CF3.Pu/c2-1(3)4;/q-1;. The van der Waals surface area contributed by atoms with E-state index in [0.717, 1.165) is 0 Å². The molecule has 0 aliphatic rings. The van der Waals surface area contributed by atoms with Crippen LogP contribution in [0.4, 0.5) is 13.2 Å². The topological polar surface area (TPSA) is 0 Å². The summed E-state index contributed by atoms with van der Waals surface area (Å²) in [6.07, 6.45) is 0. The molecule has 0 aromatic heterocycles. The quantitative estimate of drug-likeness (QED) is 0.592. The van der Waals surface area contributed by atoms with Crippen LogP contribution in [0.5, 0.6) is 0 Å². The van der Waals surface area contributed by atoms with Crippen molar-refractivity contribution in [2.45, 2.75) is 0 Å². The van der Waals surface area contributed by atoms with Crippen LogP contribution in [0.3, 0.4) is 0 Å². The van der Waals surface area contributed by atoms with Gasteiger partial charge in [0.2, 0.25) is 0 Å². The molecule has 0 aliphatic carbocycles.